The predicted molar refractivity (Wildman–Crippen MR) is 120 cm³/mol. The van der Waals surface area contributed by atoms with E-state index in [2.05, 4.69) is 36.2 Å². The van der Waals surface area contributed by atoms with Gasteiger partial charge in [-0.05, 0) is 61.9 Å². The molecule has 3 rings (SSSR count). The van der Waals surface area contributed by atoms with E-state index in [0.29, 0.717) is 17.9 Å². The fourth-order valence-electron chi connectivity index (χ4n) is 3.21. The van der Waals surface area contributed by atoms with E-state index in [9.17, 15) is 4.79 Å². The number of carbonyl (C=O) groups is 1. The summed E-state index contributed by atoms with van der Waals surface area (Å²) in [6.07, 6.45) is 0.830. The molecule has 0 aromatic heterocycles. The van der Waals surface area contributed by atoms with Gasteiger partial charge in [0.05, 0.1) is 6.61 Å². The first-order valence-electron chi connectivity index (χ1n) is 10.1. The van der Waals surface area contributed by atoms with Gasteiger partial charge >= 0.3 is 0 Å². The molecule has 4 heteroatoms. The smallest absolute Gasteiger partial charge is 0.255 e. The van der Waals surface area contributed by atoms with Crippen LogP contribution in [0.5, 0.6) is 5.75 Å². The maximum absolute atomic E-state index is 12.6. The van der Waals surface area contributed by atoms with E-state index < -0.39 is 0 Å². The SMILES string of the molecule is CCN(CC)c1ccc(NC(=O)c2cccc(OCCc3ccccc3)c2)cc1. The van der Waals surface area contributed by atoms with Crippen LogP contribution in [0.15, 0.2) is 78.9 Å². The highest BCUT2D eigenvalue weighted by atomic mass is 16.5. The summed E-state index contributed by atoms with van der Waals surface area (Å²) in [5.41, 5.74) is 3.74. The molecule has 3 aromatic rings. The molecule has 1 amide bonds. The topological polar surface area (TPSA) is 41.6 Å². The number of nitrogens with zero attached hydrogens (tertiary/aromatic N) is 1. The van der Waals surface area contributed by atoms with Gasteiger partial charge in [-0.2, -0.15) is 0 Å². The second kappa shape index (κ2) is 10.3. The van der Waals surface area contributed by atoms with Crippen LogP contribution in [-0.4, -0.2) is 25.6 Å². The summed E-state index contributed by atoms with van der Waals surface area (Å²) in [5.74, 6) is 0.555. The van der Waals surface area contributed by atoms with Gasteiger partial charge in [0.2, 0.25) is 0 Å². The molecule has 0 saturated heterocycles. The number of benzene rings is 3. The number of hydrogen-bond acceptors (Lipinski definition) is 3. The number of rotatable bonds is 9. The fourth-order valence-corrected chi connectivity index (χ4v) is 3.21. The standard InChI is InChI=1S/C25H28N2O2/c1-3-27(4-2)23-15-13-22(14-16-23)26-25(28)21-11-8-12-24(19-21)29-18-17-20-9-6-5-7-10-20/h5-16,19H,3-4,17-18H2,1-2H3,(H,26,28). The molecule has 3 aromatic carbocycles. The first kappa shape index (κ1) is 20.5. The van der Waals surface area contributed by atoms with Crippen molar-refractivity contribution in [2.24, 2.45) is 0 Å². The summed E-state index contributed by atoms with van der Waals surface area (Å²) >= 11 is 0. The van der Waals surface area contributed by atoms with Crippen molar-refractivity contribution in [1.29, 1.82) is 0 Å². The molecule has 0 aliphatic heterocycles. The fraction of sp³-hybridized carbons (Fsp3) is 0.240. The number of nitrogens with one attached hydrogen (secondary N) is 1. The summed E-state index contributed by atoms with van der Waals surface area (Å²) in [6, 6.07) is 25.4. The van der Waals surface area contributed by atoms with Crippen LogP contribution in [0.3, 0.4) is 0 Å². The molecule has 0 spiro atoms. The summed E-state index contributed by atoms with van der Waals surface area (Å²) in [7, 11) is 0. The lowest BCUT2D eigenvalue weighted by molar-refractivity contribution is 0.102. The van der Waals surface area contributed by atoms with E-state index in [1.165, 1.54) is 5.56 Å². The average molecular weight is 389 g/mol. The monoisotopic (exact) mass is 388 g/mol. The Morgan fingerprint density at radius 1 is 0.897 bits per heavy atom. The zero-order chi connectivity index (χ0) is 20.5. The average Bonchev–Trinajstić information content (AvgIpc) is 2.77. The van der Waals surface area contributed by atoms with Crippen LogP contribution in [0, 0.1) is 0 Å². The second-order valence-electron chi connectivity index (χ2n) is 6.79. The van der Waals surface area contributed by atoms with E-state index in [0.717, 1.165) is 30.9 Å². The Labute approximate surface area is 173 Å². The third kappa shape index (κ3) is 5.85. The minimum atomic E-state index is -0.144. The molecule has 0 radical (unpaired) electrons. The van der Waals surface area contributed by atoms with Crippen LogP contribution >= 0.6 is 0 Å². The largest absolute Gasteiger partial charge is 0.493 e. The molecule has 0 unspecified atom stereocenters. The predicted octanol–water partition coefficient (Wildman–Crippen LogP) is 5.41. The normalized spacial score (nSPS) is 10.4. The number of anilines is 2. The van der Waals surface area contributed by atoms with Gasteiger partial charge in [0.25, 0.3) is 5.91 Å². The van der Waals surface area contributed by atoms with Crippen LogP contribution < -0.4 is 15.0 Å². The number of ether oxygens (including phenoxy) is 1. The summed E-state index contributed by atoms with van der Waals surface area (Å²) < 4.78 is 5.83. The van der Waals surface area contributed by atoms with Crippen LogP contribution in [0.2, 0.25) is 0 Å². The van der Waals surface area contributed by atoms with Crippen molar-refractivity contribution in [3.05, 3.63) is 90.0 Å². The molecule has 150 valence electrons. The van der Waals surface area contributed by atoms with Crippen LogP contribution in [0.25, 0.3) is 0 Å². The maximum Gasteiger partial charge on any atom is 0.255 e. The second-order valence-corrected chi connectivity index (χ2v) is 6.79. The Bertz CT molecular complexity index is 904. The number of carbonyl (C=O) groups excluding carboxylic acids is 1. The minimum Gasteiger partial charge on any atom is -0.493 e. The highest BCUT2D eigenvalue weighted by Gasteiger charge is 2.08. The van der Waals surface area contributed by atoms with Gasteiger partial charge in [0.15, 0.2) is 0 Å². The molecule has 0 aliphatic rings. The first-order chi connectivity index (χ1) is 14.2. The molecular formula is C25H28N2O2. The lowest BCUT2D eigenvalue weighted by Crippen LogP contribution is -2.21. The molecule has 0 fully saturated rings. The molecule has 0 atom stereocenters. The van der Waals surface area contributed by atoms with Crippen LogP contribution in [0.1, 0.15) is 29.8 Å². The minimum absolute atomic E-state index is 0.144. The van der Waals surface area contributed by atoms with Gasteiger partial charge in [-0.15, -0.1) is 0 Å². The van der Waals surface area contributed by atoms with Gasteiger partial charge in [-0.25, -0.2) is 0 Å². The Balaban J connectivity index is 1.57. The Hall–Kier alpha value is -3.27. The van der Waals surface area contributed by atoms with Gasteiger partial charge in [-0.3, -0.25) is 4.79 Å². The van der Waals surface area contributed by atoms with Gasteiger partial charge in [0.1, 0.15) is 5.75 Å². The molecule has 1 N–H and O–H groups in total. The lowest BCUT2D eigenvalue weighted by Gasteiger charge is -2.21. The van der Waals surface area contributed by atoms with E-state index in [1.807, 2.05) is 54.6 Å². The van der Waals surface area contributed by atoms with E-state index >= 15 is 0 Å². The third-order valence-electron chi connectivity index (χ3n) is 4.85. The van der Waals surface area contributed by atoms with Crippen molar-refractivity contribution in [3.63, 3.8) is 0 Å². The Morgan fingerprint density at radius 2 is 1.62 bits per heavy atom. The van der Waals surface area contributed by atoms with E-state index in [-0.39, 0.29) is 5.91 Å². The highest BCUT2D eigenvalue weighted by molar-refractivity contribution is 6.04. The summed E-state index contributed by atoms with van der Waals surface area (Å²) in [5, 5.41) is 2.96. The molecule has 0 saturated carbocycles. The van der Waals surface area contributed by atoms with Gasteiger partial charge in [0, 0.05) is 36.4 Å². The molecular weight excluding hydrogens is 360 g/mol. The molecule has 0 bridgehead atoms. The quantitative estimate of drug-likeness (QED) is 0.533. The zero-order valence-electron chi connectivity index (χ0n) is 17.1. The Kier molecular flexibility index (Phi) is 7.28. The summed E-state index contributed by atoms with van der Waals surface area (Å²) in [4.78, 5) is 14.9. The van der Waals surface area contributed by atoms with Crippen LogP contribution in [-0.2, 0) is 6.42 Å². The molecule has 29 heavy (non-hydrogen) atoms. The zero-order valence-corrected chi connectivity index (χ0v) is 17.1. The van der Waals surface area contributed by atoms with E-state index in [4.69, 9.17) is 4.74 Å². The molecule has 0 heterocycles. The van der Waals surface area contributed by atoms with Crippen molar-refractivity contribution in [2.75, 3.05) is 29.9 Å². The van der Waals surface area contributed by atoms with Crippen molar-refractivity contribution in [1.82, 2.24) is 0 Å². The Morgan fingerprint density at radius 3 is 2.31 bits per heavy atom. The maximum atomic E-state index is 12.6. The first-order valence-corrected chi connectivity index (χ1v) is 10.1. The number of hydrogen-bond donors (Lipinski definition) is 1. The van der Waals surface area contributed by atoms with E-state index in [1.54, 1.807) is 12.1 Å². The van der Waals surface area contributed by atoms with Crippen molar-refractivity contribution >= 4 is 17.3 Å². The highest BCUT2D eigenvalue weighted by Crippen LogP contribution is 2.19. The van der Waals surface area contributed by atoms with Crippen molar-refractivity contribution < 1.29 is 9.53 Å². The number of amides is 1. The molecule has 0 aliphatic carbocycles. The van der Waals surface area contributed by atoms with Crippen molar-refractivity contribution in [3.8, 4) is 5.75 Å². The van der Waals surface area contributed by atoms with Crippen molar-refractivity contribution in [2.45, 2.75) is 20.3 Å². The van der Waals surface area contributed by atoms with Crippen LogP contribution in [0.4, 0.5) is 11.4 Å². The summed E-state index contributed by atoms with van der Waals surface area (Å²) in [6.45, 7) is 6.75. The van der Waals surface area contributed by atoms with Gasteiger partial charge in [-0.1, -0.05) is 36.4 Å². The van der Waals surface area contributed by atoms with Gasteiger partial charge < -0.3 is 15.0 Å². The third-order valence-corrected chi connectivity index (χ3v) is 4.85. The molecule has 4 nitrogen and oxygen atoms in total. The lowest BCUT2D eigenvalue weighted by atomic mass is 10.1.